The number of amides is 1. The summed E-state index contributed by atoms with van der Waals surface area (Å²) >= 11 is 0. The second kappa shape index (κ2) is 8.19. The van der Waals surface area contributed by atoms with Gasteiger partial charge in [-0.3, -0.25) is 4.79 Å². The highest BCUT2D eigenvalue weighted by Crippen LogP contribution is 2.26. The van der Waals surface area contributed by atoms with Crippen LogP contribution in [0.2, 0.25) is 0 Å². The number of aromatic nitrogens is 1. The first-order valence-corrected chi connectivity index (χ1v) is 9.09. The Bertz CT molecular complexity index is 731. The molecule has 0 spiro atoms. The molecule has 1 aromatic carbocycles. The third-order valence-electron chi connectivity index (χ3n) is 5.12. The minimum Gasteiger partial charge on any atom is -0.467 e. The Hall–Kier alpha value is -2.30. The summed E-state index contributed by atoms with van der Waals surface area (Å²) in [7, 11) is 1.36. The zero-order valence-electron chi connectivity index (χ0n) is 14.7. The number of hydrogen-bond donors (Lipinski definition) is 2. The Balaban J connectivity index is 1.67. The standard InChI is InChI=1S/C20H26N2O3/c1-25-20(24)18(22-19(23)11-14-7-3-2-4-8-14)12-15-13-21-17-10-6-5-9-16(15)17/h5-6,9-10,13-14,18,21H,2-4,7-8,11-12H2,1H3,(H,22,23). The van der Waals surface area contributed by atoms with Gasteiger partial charge < -0.3 is 15.0 Å². The first-order valence-electron chi connectivity index (χ1n) is 9.09. The molecule has 0 saturated heterocycles. The number of para-hydroxylation sites is 1. The van der Waals surface area contributed by atoms with Gasteiger partial charge in [0.2, 0.25) is 5.91 Å². The quantitative estimate of drug-likeness (QED) is 0.791. The fraction of sp³-hybridized carbons (Fsp3) is 0.500. The molecule has 1 fully saturated rings. The van der Waals surface area contributed by atoms with E-state index in [9.17, 15) is 9.59 Å². The largest absolute Gasteiger partial charge is 0.467 e. The van der Waals surface area contributed by atoms with Crippen molar-refractivity contribution in [1.82, 2.24) is 10.3 Å². The summed E-state index contributed by atoms with van der Waals surface area (Å²) in [5.74, 6) is -0.00967. The Labute approximate surface area is 148 Å². The Morgan fingerprint density at radius 1 is 1.24 bits per heavy atom. The van der Waals surface area contributed by atoms with Gasteiger partial charge in [-0.15, -0.1) is 0 Å². The van der Waals surface area contributed by atoms with Gasteiger partial charge in [-0.2, -0.15) is 0 Å². The van der Waals surface area contributed by atoms with Crippen LogP contribution in [-0.4, -0.2) is 30.0 Å². The van der Waals surface area contributed by atoms with Crippen LogP contribution in [0.1, 0.15) is 44.1 Å². The van der Waals surface area contributed by atoms with E-state index >= 15 is 0 Å². The van der Waals surface area contributed by atoms with Crippen molar-refractivity contribution >= 4 is 22.8 Å². The molecule has 25 heavy (non-hydrogen) atoms. The Morgan fingerprint density at radius 3 is 2.76 bits per heavy atom. The lowest BCUT2D eigenvalue weighted by atomic mass is 9.87. The van der Waals surface area contributed by atoms with Crippen molar-refractivity contribution in [3.8, 4) is 0 Å². The van der Waals surface area contributed by atoms with Gasteiger partial charge in [-0.25, -0.2) is 4.79 Å². The molecule has 1 heterocycles. The SMILES string of the molecule is COC(=O)C(Cc1c[nH]c2ccccc12)NC(=O)CC1CCCCC1. The maximum Gasteiger partial charge on any atom is 0.328 e. The van der Waals surface area contributed by atoms with Crippen LogP contribution in [-0.2, 0) is 20.7 Å². The summed E-state index contributed by atoms with van der Waals surface area (Å²) in [6.45, 7) is 0. The van der Waals surface area contributed by atoms with E-state index in [0.717, 1.165) is 29.3 Å². The molecule has 5 heteroatoms. The Morgan fingerprint density at radius 2 is 2.00 bits per heavy atom. The summed E-state index contributed by atoms with van der Waals surface area (Å²) in [6, 6.07) is 7.29. The van der Waals surface area contributed by atoms with Gasteiger partial charge in [0.25, 0.3) is 0 Å². The number of rotatable bonds is 6. The highest BCUT2D eigenvalue weighted by atomic mass is 16.5. The van der Waals surface area contributed by atoms with Crippen molar-refractivity contribution in [3.05, 3.63) is 36.0 Å². The lowest BCUT2D eigenvalue weighted by molar-refractivity contribution is -0.145. The number of benzene rings is 1. The van der Waals surface area contributed by atoms with Crippen LogP contribution in [0.25, 0.3) is 10.9 Å². The van der Waals surface area contributed by atoms with E-state index in [2.05, 4.69) is 10.3 Å². The first kappa shape index (κ1) is 17.5. The molecule has 0 bridgehead atoms. The minimum absolute atomic E-state index is 0.0536. The molecule has 2 N–H and O–H groups in total. The normalized spacial score (nSPS) is 16.5. The van der Waals surface area contributed by atoms with E-state index < -0.39 is 12.0 Å². The summed E-state index contributed by atoms with van der Waals surface area (Å²) < 4.78 is 4.90. The molecule has 134 valence electrons. The molecule has 1 unspecified atom stereocenters. The highest BCUT2D eigenvalue weighted by molar-refractivity contribution is 5.87. The topological polar surface area (TPSA) is 71.2 Å². The third-order valence-corrected chi connectivity index (χ3v) is 5.12. The summed E-state index contributed by atoms with van der Waals surface area (Å²) in [5.41, 5.74) is 2.03. The minimum atomic E-state index is -0.653. The van der Waals surface area contributed by atoms with Crippen LogP contribution in [0.15, 0.2) is 30.5 Å². The number of ether oxygens (including phenoxy) is 1. The number of carbonyl (C=O) groups excluding carboxylic acids is 2. The first-order chi connectivity index (χ1) is 12.2. The highest BCUT2D eigenvalue weighted by Gasteiger charge is 2.25. The van der Waals surface area contributed by atoms with E-state index in [1.807, 2.05) is 30.5 Å². The average molecular weight is 342 g/mol. The van der Waals surface area contributed by atoms with Crippen molar-refractivity contribution in [1.29, 1.82) is 0 Å². The van der Waals surface area contributed by atoms with Gasteiger partial charge >= 0.3 is 5.97 Å². The third kappa shape index (κ3) is 4.41. The van der Waals surface area contributed by atoms with Crippen molar-refractivity contribution in [2.24, 2.45) is 5.92 Å². The maximum absolute atomic E-state index is 12.4. The van der Waals surface area contributed by atoms with E-state index in [4.69, 9.17) is 4.74 Å². The van der Waals surface area contributed by atoms with Gasteiger partial charge in [0.15, 0.2) is 0 Å². The van der Waals surface area contributed by atoms with Crippen LogP contribution >= 0.6 is 0 Å². The average Bonchev–Trinajstić information content (AvgIpc) is 3.04. The van der Waals surface area contributed by atoms with Gasteiger partial charge in [0.05, 0.1) is 7.11 Å². The number of H-pyrrole nitrogens is 1. The van der Waals surface area contributed by atoms with E-state index in [1.165, 1.54) is 26.4 Å². The lowest BCUT2D eigenvalue weighted by Crippen LogP contribution is -2.43. The van der Waals surface area contributed by atoms with Crippen LogP contribution in [0.5, 0.6) is 0 Å². The van der Waals surface area contributed by atoms with E-state index in [1.54, 1.807) is 0 Å². The summed E-state index contributed by atoms with van der Waals surface area (Å²) in [4.78, 5) is 27.8. The van der Waals surface area contributed by atoms with E-state index in [0.29, 0.717) is 18.8 Å². The molecule has 1 aliphatic rings. The lowest BCUT2D eigenvalue weighted by Gasteiger charge is -2.22. The number of aromatic amines is 1. The molecule has 1 saturated carbocycles. The number of hydrogen-bond acceptors (Lipinski definition) is 3. The van der Waals surface area contributed by atoms with Gasteiger partial charge in [-0.1, -0.05) is 37.5 Å². The molecule has 0 aliphatic heterocycles. The fourth-order valence-corrected chi connectivity index (χ4v) is 3.76. The van der Waals surface area contributed by atoms with Crippen LogP contribution in [0.3, 0.4) is 0 Å². The van der Waals surface area contributed by atoms with Crippen molar-refractivity contribution in [3.63, 3.8) is 0 Å². The second-order valence-electron chi connectivity index (χ2n) is 6.92. The number of esters is 1. The molecule has 1 aromatic heterocycles. The fourth-order valence-electron chi connectivity index (χ4n) is 3.76. The molecule has 0 radical (unpaired) electrons. The predicted molar refractivity (Wildman–Crippen MR) is 97.1 cm³/mol. The predicted octanol–water partition coefficient (Wildman–Crippen LogP) is 3.34. The molecular weight excluding hydrogens is 316 g/mol. The van der Waals surface area contributed by atoms with Gasteiger partial charge in [0, 0.05) is 29.9 Å². The molecule has 5 nitrogen and oxygen atoms in total. The van der Waals surface area contributed by atoms with E-state index in [-0.39, 0.29) is 5.91 Å². The zero-order valence-corrected chi connectivity index (χ0v) is 14.7. The van der Waals surface area contributed by atoms with Crippen LogP contribution in [0.4, 0.5) is 0 Å². The van der Waals surface area contributed by atoms with Gasteiger partial charge in [-0.05, 0) is 30.4 Å². The molecule has 3 rings (SSSR count). The van der Waals surface area contributed by atoms with Crippen LogP contribution < -0.4 is 5.32 Å². The monoisotopic (exact) mass is 342 g/mol. The molecule has 2 aromatic rings. The summed E-state index contributed by atoms with van der Waals surface area (Å²) in [5, 5.41) is 3.96. The van der Waals surface area contributed by atoms with Crippen molar-refractivity contribution in [2.75, 3.05) is 7.11 Å². The van der Waals surface area contributed by atoms with Crippen molar-refractivity contribution < 1.29 is 14.3 Å². The van der Waals surface area contributed by atoms with Crippen LogP contribution in [0, 0.1) is 5.92 Å². The second-order valence-corrected chi connectivity index (χ2v) is 6.92. The summed E-state index contributed by atoms with van der Waals surface area (Å²) in [6.07, 6.45) is 8.71. The molecule has 1 atom stereocenters. The Kier molecular flexibility index (Phi) is 5.74. The number of methoxy groups -OCH3 is 1. The molecule has 1 aliphatic carbocycles. The molecular formula is C20H26N2O3. The zero-order chi connectivity index (χ0) is 17.6. The number of fused-ring (bicyclic) bond motifs is 1. The smallest absolute Gasteiger partial charge is 0.328 e. The van der Waals surface area contributed by atoms with Crippen molar-refractivity contribution in [2.45, 2.75) is 51.0 Å². The maximum atomic E-state index is 12.4. The number of nitrogens with one attached hydrogen (secondary N) is 2. The van der Waals surface area contributed by atoms with Gasteiger partial charge in [0.1, 0.15) is 6.04 Å². The molecule has 1 amide bonds. The number of carbonyl (C=O) groups is 2.